The molecule has 2 aliphatic rings. The summed E-state index contributed by atoms with van der Waals surface area (Å²) in [5, 5.41) is 2.24. The molecule has 1 atom stereocenters. The number of ether oxygens (including phenoxy) is 2. The van der Waals surface area contributed by atoms with E-state index in [1.165, 1.54) is 11.3 Å². The van der Waals surface area contributed by atoms with Gasteiger partial charge in [-0.25, -0.2) is 9.78 Å². The Hall–Kier alpha value is -2.16. The van der Waals surface area contributed by atoms with Gasteiger partial charge < -0.3 is 20.1 Å². The summed E-state index contributed by atoms with van der Waals surface area (Å²) in [6.45, 7) is 10.2. The molecule has 0 amide bonds. The Balaban J connectivity index is 0.00000385. The maximum absolute atomic E-state index is 13.1. The number of thiazole rings is 1. The van der Waals surface area contributed by atoms with Crippen molar-refractivity contribution in [3.05, 3.63) is 51.0 Å². The van der Waals surface area contributed by atoms with Gasteiger partial charge in [0.2, 0.25) is 0 Å². The van der Waals surface area contributed by atoms with Crippen LogP contribution in [0, 0.1) is 5.92 Å². The van der Waals surface area contributed by atoms with E-state index in [1.54, 1.807) is 12.3 Å². The van der Waals surface area contributed by atoms with Gasteiger partial charge in [-0.05, 0) is 24.8 Å². The number of Topliss-reactive ketones (excluding diaryl/α,β-unsaturated/α-hetero) is 1. The Morgan fingerprint density at radius 3 is 2.76 bits per heavy atom. The van der Waals surface area contributed by atoms with Crippen LogP contribution < -0.4 is 5.73 Å². The molecule has 182 valence electrons. The largest absolute Gasteiger partial charge is 0.491 e. The molecule has 1 aliphatic carbocycles. The summed E-state index contributed by atoms with van der Waals surface area (Å²) in [5.74, 6) is 0.259. The van der Waals surface area contributed by atoms with Crippen molar-refractivity contribution in [2.75, 3.05) is 26.3 Å². The highest BCUT2D eigenvalue weighted by Gasteiger charge is 2.35. The molecule has 1 aromatic rings. The summed E-state index contributed by atoms with van der Waals surface area (Å²) in [6.07, 6.45) is 6.23. The Morgan fingerprint density at radius 2 is 2.12 bits per heavy atom. The smallest absolute Gasteiger partial charge is 0.357 e. The van der Waals surface area contributed by atoms with Gasteiger partial charge in [0.1, 0.15) is 10.8 Å². The first-order chi connectivity index (χ1) is 15.4. The number of nitrogens with two attached hydrogens (primary N) is 1. The number of fused-ring (bicyclic) bond motifs is 1. The fourth-order valence-corrected chi connectivity index (χ4v) is 4.71. The topological polar surface area (TPSA) is 94.8 Å². The lowest BCUT2D eigenvalue weighted by atomic mass is 9.83. The first-order valence-corrected chi connectivity index (χ1v) is 12.2. The number of halogens is 1. The maximum atomic E-state index is 13.1. The van der Waals surface area contributed by atoms with E-state index in [4.69, 9.17) is 15.2 Å². The summed E-state index contributed by atoms with van der Waals surface area (Å²) in [6, 6.07) is 0. The van der Waals surface area contributed by atoms with Gasteiger partial charge >= 0.3 is 5.97 Å². The molecule has 0 saturated carbocycles. The van der Waals surface area contributed by atoms with E-state index in [2.05, 4.69) is 30.7 Å². The number of hydrogen-bond acceptors (Lipinski definition) is 8. The molecule has 3 rings (SSSR count). The van der Waals surface area contributed by atoms with Crippen LogP contribution in [0.15, 0.2) is 40.3 Å². The monoisotopic (exact) mass is 495 g/mol. The van der Waals surface area contributed by atoms with Gasteiger partial charge in [0.15, 0.2) is 11.5 Å². The van der Waals surface area contributed by atoms with Crippen LogP contribution in [0.4, 0.5) is 0 Å². The number of ketones is 1. The average Bonchev–Trinajstić information content (AvgIpc) is 3.23. The number of hydrogen-bond donors (Lipinski definition) is 1. The number of esters is 1. The second kappa shape index (κ2) is 12.3. The highest BCUT2D eigenvalue weighted by Crippen LogP contribution is 2.41. The molecule has 0 radical (unpaired) electrons. The van der Waals surface area contributed by atoms with E-state index in [0.717, 1.165) is 42.0 Å². The van der Waals surface area contributed by atoms with Gasteiger partial charge in [-0.2, -0.15) is 0 Å². The van der Waals surface area contributed by atoms with Crippen molar-refractivity contribution in [2.45, 2.75) is 52.9 Å². The number of unbranched alkanes of at least 4 members (excludes halogenated alkanes) is 1. The molecule has 0 fully saturated rings. The minimum atomic E-state index is -0.518. The molecule has 0 saturated heterocycles. The minimum absolute atomic E-state index is 0. The fourth-order valence-electron chi connectivity index (χ4n) is 3.83. The van der Waals surface area contributed by atoms with E-state index in [1.807, 2.05) is 12.3 Å². The standard InChI is InChI=1S/C24H33N3O4S.ClH/c1-5-7-8-31-22-17-10-18(23-26-19(14-32-23)24(29)30-6-2)21(28)9-16(17)13-27(12-15(3)4)20(22)11-25;/h10,13-15,18H,5-9,11-12,25H2,1-4H3;1H. The van der Waals surface area contributed by atoms with Crippen molar-refractivity contribution < 1.29 is 19.1 Å². The quantitative estimate of drug-likeness (QED) is 0.375. The Kier molecular flexibility index (Phi) is 10.1. The summed E-state index contributed by atoms with van der Waals surface area (Å²) in [4.78, 5) is 31.6. The number of nitrogens with zero attached hydrogens (tertiary/aromatic N) is 2. The van der Waals surface area contributed by atoms with Crippen molar-refractivity contribution in [1.82, 2.24) is 9.88 Å². The van der Waals surface area contributed by atoms with E-state index >= 15 is 0 Å². The van der Waals surface area contributed by atoms with Crippen molar-refractivity contribution in [2.24, 2.45) is 11.7 Å². The molecule has 7 nitrogen and oxygen atoms in total. The molecule has 1 aromatic heterocycles. The number of allylic oxidation sites excluding steroid dienone is 2. The molecule has 0 spiro atoms. The van der Waals surface area contributed by atoms with Crippen molar-refractivity contribution >= 4 is 35.5 Å². The second-order valence-corrected chi connectivity index (χ2v) is 9.26. The predicted molar refractivity (Wildman–Crippen MR) is 132 cm³/mol. The minimum Gasteiger partial charge on any atom is -0.491 e. The van der Waals surface area contributed by atoms with Gasteiger partial charge in [-0.15, -0.1) is 23.7 Å². The third-order valence-electron chi connectivity index (χ3n) is 5.33. The molecule has 0 bridgehead atoms. The van der Waals surface area contributed by atoms with Gasteiger partial charge in [0.25, 0.3) is 0 Å². The molecule has 9 heteroatoms. The van der Waals surface area contributed by atoms with E-state index < -0.39 is 11.9 Å². The predicted octanol–water partition coefficient (Wildman–Crippen LogP) is 4.57. The summed E-state index contributed by atoms with van der Waals surface area (Å²) >= 11 is 1.30. The molecule has 33 heavy (non-hydrogen) atoms. The van der Waals surface area contributed by atoms with Crippen LogP contribution in [-0.4, -0.2) is 47.9 Å². The lowest BCUT2D eigenvalue weighted by Gasteiger charge is -2.35. The zero-order chi connectivity index (χ0) is 23.3. The zero-order valence-corrected chi connectivity index (χ0v) is 21.4. The molecule has 0 aromatic carbocycles. The molecule has 1 unspecified atom stereocenters. The van der Waals surface area contributed by atoms with Crippen LogP contribution in [0.3, 0.4) is 0 Å². The third-order valence-corrected chi connectivity index (χ3v) is 6.26. The van der Waals surface area contributed by atoms with Crippen molar-refractivity contribution in [3.8, 4) is 0 Å². The molecular formula is C24H34ClN3O4S. The molecular weight excluding hydrogens is 462 g/mol. The van der Waals surface area contributed by atoms with Gasteiger partial charge in [0, 0.05) is 36.7 Å². The van der Waals surface area contributed by atoms with E-state index in [9.17, 15) is 9.59 Å². The first kappa shape index (κ1) is 27.1. The number of carbonyl (C=O) groups is 2. The molecule has 1 aliphatic heterocycles. The number of rotatable bonds is 10. The first-order valence-electron chi connectivity index (χ1n) is 11.3. The highest BCUT2D eigenvalue weighted by molar-refractivity contribution is 7.10. The van der Waals surface area contributed by atoms with Crippen LogP contribution in [0.1, 0.15) is 68.4 Å². The third kappa shape index (κ3) is 6.25. The molecule has 2 N–H and O–H groups in total. The van der Waals surface area contributed by atoms with Crippen molar-refractivity contribution in [3.63, 3.8) is 0 Å². The fraction of sp³-hybridized carbons (Fsp3) is 0.542. The summed E-state index contributed by atoms with van der Waals surface area (Å²) in [5.41, 5.74) is 9.19. The lowest BCUT2D eigenvalue weighted by molar-refractivity contribution is -0.119. The van der Waals surface area contributed by atoms with E-state index in [0.29, 0.717) is 24.1 Å². The zero-order valence-electron chi connectivity index (χ0n) is 19.8. The number of carbonyl (C=O) groups excluding carboxylic acids is 2. The second-order valence-electron chi connectivity index (χ2n) is 8.38. The molecule has 2 heterocycles. The van der Waals surface area contributed by atoms with E-state index in [-0.39, 0.29) is 36.9 Å². The van der Waals surface area contributed by atoms with Crippen LogP contribution >= 0.6 is 23.7 Å². The van der Waals surface area contributed by atoms with Crippen LogP contribution in [-0.2, 0) is 14.3 Å². The lowest BCUT2D eigenvalue weighted by Crippen LogP contribution is -2.33. The Labute approximate surface area is 206 Å². The van der Waals surface area contributed by atoms with Gasteiger partial charge in [-0.3, -0.25) is 4.79 Å². The normalized spacial score (nSPS) is 17.9. The van der Waals surface area contributed by atoms with Gasteiger partial charge in [-0.1, -0.05) is 33.3 Å². The summed E-state index contributed by atoms with van der Waals surface area (Å²) < 4.78 is 11.3. The van der Waals surface area contributed by atoms with Crippen LogP contribution in [0.2, 0.25) is 0 Å². The average molecular weight is 496 g/mol. The van der Waals surface area contributed by atoms with Crippen molar-refractivity contribution in [1.29, 1.82) is 0 Å². The van der Waals surface area contributed by atoms with Gasteiger partial charge in [0.05, 0.1) is 24.8 Å². The van der Waals surface area contributed by atoms with Crippen LogP contribution in [0.25, 0.3) is 0 Å². The Morgan fingerprint density at radius 1 is 1.36 bits per heavy atom. The van der Waals surface area contributed by atoms with Crippen LogP contribution in [0.5, 0.6) is 0 Å². The highest BCUT2D eigenvalue weighted by atomic mass is 35.5. The number of aromatic nitrogens is 1. The summed E-state index contributed by atoms with van der Waals surface area (Å²) in [7, 11) is 0. The Bertz CT molecular complexity index is 951. The maximum Gasteiger partial charge on any atom is 0.357 e. The SMILES string of the molecule is CCCCOC1=C(CN)N(CC(C)C)C=C2CC(=O)C(c3nc(C(=O)OCC)cs3)C=C21.Cl.